The van der Waals surface area contributed by atoms with Crippen LogP contribution in [0.1, 0.15) is 0 Å². The first-order valence-corrected chi connectivity index (χ1v) is 11.9. The summed E-state index contributed by atoms with van der Waals surface area (Å²) >= 11 is 22.6. The Kier molecular flexibility index (Phi) is 6.87. The van der Waals surface area contributed by atoms with Gasteiger partial charge < -0.3 is 10.6 Å². The van der Waals surface area contributed by atoms with Crippen molar-refractivity contribution in [1.29, 1.82) is 0 Å². The molecule has 32 heavy (non-hydrogen) atoms. The number of rotatable bonds is 6. The summed E-state index contributed by atoms with van der Waals surface area (Å²) in [5.74, 6) is -0.809. The van der Waals surface area contributed by atoms with E-state index in [0.717, 1.165) is 0 Å². The maximum atomic E-state index is 11.9. The van der Waals surface area contributed by atoms with E-state index in [1.54, 1.807) is 0 Å². The molecule has 3 rings (SSSR count). The highest BCUT2D eigenvalue weighted by atomic mass is 35.5. The minimum Gasteiger partial charge on any atom is -0.323 e. The van der Waals surface area contributed by atoms with E-state index in [1.165, 1.54) is 0 Å². The number of nitrogens with zero attached hydrogens (tertiary/aromatic N) is 6. The number of aromatic nitrogens is 6. The van der Waals surface area contributed by atoms with Crippen LogP contribution in [0.3, 0.4) is 0 Å². The van der Waals surface area contributed by atoms with E-state index in [2.05, 4.69) is 40.5 Å². The zero-order valence-electron chi connectivity index (χ0n) is 14.7. The third-order valence-corrected chi connectivity index (χ3v) is 5.76. The van der Waals surface area contributed by atoms with Gasteiger partial charge in [0.05, 0.1) is 11.4 Å². The lowest BCUT2D eigenvalue weighted by atomic mass is 10.2. The van der Waals surface area contributed by atoms with Crippen molar-refractivity contribution in [3.05, 3.63) is 33.3 Å². The average molecular weight is 564 g/mol. The molecule has 4 N–H and O–H groups in total. The molecule has 0 aliphatic carbocycles. The highest BCUT2D eigenvalue weighted by Gasteiger charge is 2.26. The van der Waals surface area contributed by atoms with Gasteiger partial charge in [-0.1, -0.05) is 0 Å². The smallest absolute Gasteiger partial charge is 0.296 e. The van der Waals surface area contributed by atoms with E-state index < -0.39 is 53.3 Å². The van der Waals surface area contributed by atoms with Crippen molar-refractivity contribution in [3.63, 3.8) is 0 Å². The first-order valence-electron chi connectivity index (χ1n) is 7.53. The fourth-order valence-electron chi connectivity index (χ4n) is 2.19. The van der Waals surface area contributed by atoms with E-state index >= 15 is 0 Å². The molecule has 0 radical (unpaired) electrons. The van der Waals surface area contributed by atoms with Gasteiger partial charge in [-0.3, -0.25) is 9.11 Å². The molecule has 170 valence electrons. The second kappa shape index (κ2) is 8.99. The van der Waals surface area contributed by atoms with Crippen molar-refractivity contribution in [2.75, 3.05) is 10.6 Å². The van der Waals surface area contributed by atoms with Crippen LogP contribution in [0.5, 0.6) is 0 Å². The lowest BCUT2D eigenvalue weighted by Crippen LogP contribution is -2.11. The first kappa shape index (κ1) is 24.5. The van der Waals surface area contributed by atoms with Crippen LogP contribution in [0, 0.1) is 0 Å². The minimum atomic E-state index is -4.99. The minimum absolute atomic E-state index is 0.377. The summed E-state index contributed by atoms with van der Waals surface area (Å²) in [4.78, 5) is 19.8. The number of hydrogen-bond donors (Lipinski definition) is 4. The Balaban J connectivity index is 2.22. The van der Waals surface area contributed by atoms with Crippen molar-refractivity contribution in [1.82, 2.24) is 29.9 Å². The van der Waals surface area contributed by atoms with Crippen molar-refractivity contribution in [2.24, 2.45) is 0 Å². The standard InChI is InChI=1S/C12H6Cl4N8O6S2/c13-7-19-8(14)22-11(21-7)17-3-1-5(31(25,26)27)4(2-6(3)32(28,29)30)18-12-23-9(15)20-10(16)24-12/h1-2H,(H,25,26,27)(H,28,29,30)(H,17,19,21,22)(H,18,20,23,24). The molecule has 14 nitrogen and oxygen atoms in total. The van der Waals surface area contributed by atoms with Crippen LogP contribution in [0.4, 0.5) is 23.3 Å². The van der Waals surface area contributed by atoms with Gasteiger partial charge in [0.15, 0.2) is 0 Å². The largest absolute Gasteiger partial charge is 0.323 e. The van der Waals surface area contributed by atoms with Gasteiger partial charge in [-0.05, 0) is 58.5 Å². The Morgan fingerprint density at radius 3 is 1.12 bits per heavy atom. The highest BCUT2D eigenvalue weighted by molar-refractivity contribution is 7.86. The quantitative estimate of drug-likeness (QED) is 0.317. The molecule has 0 aliphatic heterocycles. The fraction of sp³-hybridized carbons (Fsp3) is 0. The number of halogens is 4. The van der Waals surface area contributed by atoms with Crippen LogP contribution in [0.2, 0.25) is 21.1 Å². The summed E-state index contributed by atoms with van der Waals surface area (Å²) in [5.41, 5.74) is -1.15. The van der Waals surface area contributed by atoms with Crippen LogP contribution in [0.25, 0.3) is 0 Å². The van der Waals surface area contributed by atoms with Crippen LogP contribution in [0.15, 0.2) is 21.9 Å². The number of anilines is 4. The average Bonchev–Trinajstić information content (AvgIpc) is 2.59. The Morgan fingerprint density at radius 1 is 0.594 bits per heavy atom. The predicted octanol–water partition coefficient (Wildman–Crippen LogP) is 2.65. The summed E-state index contributed by atoms with van der Waals surface area (Å²) < 4.78 is 67.0. The molecule has 0 saturated heterocycles. The molecule has 2 aromatic heterocycles. The van der Waals surface area contributed by atoms with Crippen LogP contribution >= 0.6 is 46.4 Å². The SMILES string of the molecule is O=S(=O)(O)c1cc(Nc2nc(Cl)nc(Cl)n2)c(S(=O)(=O)O)cc1Nc1nc(Cl)nc(Cl)n1. The highest BCUT2D eigenvalue weighted by Crippen LogP contribution is 2.34. The van der Waals surface area contributed by atoms with Gasteiger partial charge >= 0.3 is 0 Å². The molecule has 0 bridgehead atoms. The second-order valence-electron chi connectivity index (χ2n) is 5.44. The van der Waals surface area contributed by atoms with Gasteiger partial charge in [-0.25, -0.2) is 0 Å². The van der Waals surface area contributed by atoms with Gasteiger partial charge in [0, 0.05) is 0 Å². The van der Waals surface area contributed by atoms with Crippen molar-refractivity contribution in [2.45, 2.75) is 9.79 Å². The summed E-state index contributed by atoms with van der Waals surface area (Å²) in [5, 5.41) is 3.14. The molecule has 0 atom stereocenters. The van der Waals surface area contributed by atoms with E-state index in [4.69, 9.17) is 46.4 Å². The topological polar surface area (TPSA) is 210 Å². The predicted molar refractivity (Wildman–Crippen MR) is 112 cm³/mol. The van der Waals surface area contributed by atoms with Crippen LogP contribution in [-0.2, 0) is 20.2 Å². The van der Waals surface area contributed by atoms with Crippen LogP contribution in [-0.4, -0.2) is 55.8 Å². The van der Waals surface area contributed by atoms with Crippen molar-refractivity contribution < 1.29 is 25.9 Å². The number of nitrogens with one attached hydrogen (secondary N) is 2. The van der Waals surface area contributed by atoms with Crippen molar-refractivity contribution >= 4 is 89.9 Å². The summed E-state index contributed by atoms with van der Waals surface area (Å²) in [6, 6.07) is 1.30. The van der Waals surface area contributed by atoms with Crippen LogP contribution < -0.4 is 10.6 Å². The molecule has 20 heteroatoms. The zero-order chi connectivity index (χ0) is 23.8. The van der Waals surface area contributed by atoms with E-state index in [-0.39, 0.29) is 21.1 Å². The Bertz CT molecular complexity index is 1290. The van der Waals surface area contributed by atoms with E-state index in [9.17, 15) is 25.9 Å². The Labute approximate surface area is 198 Å². The molecular weight excluding hydrogens is 558 g/mol. The maximum Gasteiger partial charge on any atom is 0.296 e. The zero-order valence-corrected chi connectivity index (χ0v) is 19.4. The summed E-state index contributed by atoms with van der Waals surface area (Å²) in [7, 11) is -9.98. The second-order valence-corrected chi connectivity index (χ2v) is 9.57. The lowest BCUT2D eigenvalue weighted by molar-refractivity contribution is 0.479. The molecule has 0 fully saturated rings. The first-order chi connectivity index (χ1) is 14.7. The Hall–Kier alpha value is -2.18. The van der Waals surface area contributed by atoms with Crippen molar-refractivity contribution in [3.8, 4) is 0 Å². The molecule has 0 unspecified atom stereocenters. The molecule has 1 aromatic carbocycles. The number of benzene rings is 1. The van der Waals surface area contributed by atoms with Gasteiger partial charge in [-0.2, -0.15) is 46.7 Å². The molecular formula is C12H6Cl4N8O6S2. The van der Waals surface area contributed by atoms with E-state index in [0.29, 0.717) is 12.1 Å². The lowest BCUT2D eigenvalue weighted by Gasteiger charge is -2.15. The molecule has 0 amide bonds. The van der Waals surface area contributed by atoms with Gasteiger partial charge in [0.25, 0.3) is 20.2 Å². The summed E-state index contributed by atoms with van der Waals surface area (Å²) in [6.07, 6.45) is 0. The van der Waals surface area contributed by atoms with E-state index in [1.807, 2.05) is 0 Å². The number of hydrogen-bond acceptors (Lipinski definition) is 12. The molecule has 0 aliphatic rings. The Morgan fingerprint density at radius 2 is 0.875 bits per heavy atom. The monoisotopic (exact) mass is 562 g/mol. The molecule has 3 aromatic rings. The molecule has 0 spiro atoms. The summed E-state index contributed by atoms with van der Waals surface area (Å²) in [6.45, 7) is 0. The third kappa shape index (κ3) is 5.99. The third-order valence-electron chi connectivity index (χ3n) is 3.29. The van der Waals surface area contributed by atoms with Gasteiger partial charge in [0.1, 0.15) is 9.79 Å². The molecule has 0 saturated carbocycles. The normalized spacial score (nSPS) is 11.9. The van der Waals surface area contributed by atoms with Gasteiger partial charge in [0.2, 0.25) is 33.0 Å². The maximum absolute atomic E-state index is 11.9. The fourth-order valence-corrected chi connectivity index (χ4v) is 4.22. The molecule has 2 heterocycles. The van der Waals surface area contributed by atoms with Gasteiger partial charge in [-0.15, -0.1) is 0 Å².